The quantitative estimate of drug-likeness (QED) is 0.390. The molecule has 10 heteroatoms. The van der Waals surface area contributed by atoms with Crippen LogP contribution in [0.15, 0.2) is 32.6 Å². The number of amidine groups is 1. The van der Waals surface area contributed by atoms with Gasteiger partial charge in [0.25, 0.3) is 0 Å². The monoisotopic (exact) mass is 334 g/mol. The largest absolute Gasteiger partial charge is 0.417 e. The van der Waals surface area contributed by atoms with Crippen molar-refractivity contribution in [2.75, 3.05) is 0 Å². The Morgan fingerprint density at radius 1 is 1.38 bits per heavy atom. The SMILES string of the molecule is Cc1nnc(Sc2ccc(/C(N)=N/O)c(C(F)(F)F)c2)s1. The van der Waals surface area contributed by atoms with E-state index in [1.807, 2.05) is 0 Å². The topological polar surface area (TPSA) is 84.4 Å². The number of hydrogen-bond acceptors (Lipinski definition) is 6. The van der Waals surface area contributed by atoms with Crippen LogP contribution in [0, 0.1) is 6.92 Å². The maximum absolute atomic E-state index is 13.0. The second-order valence-electron chi connectivity index (χ2n) is 3.88. The first-order valence-electron chi connectivity index (χ1n) is 5.48. The van der Waals surface area contributed by atoms with Gasteiger partial charge in [-0.2, -0.15) is 13.2 Å². The fourth-order valence-corrected chi connectivity index (χ4v) is 3.35. The molecule has 0 bridgehead atoms. The molecule has 0 radical (unpaired) electrons. The van der Waals surface area contributed by atoms with Crippen LogP contribution in [0.2, 0.25) is 0 Å². The van der Waals surface area contributed by atoms with E-state index in [9.17, 15) is 13.2 Å². The first kappa shape index (κ1) is 15.6. The van der Waals surface area contributed by atoms with Gasteiger partial charge in [0, 0.05) is 10.5 Å². The molecular weight excluding hydrogens is 325 g/mol. The van der Waals surface area contributed by atoms with Gasteiger partial charge in [0.1, 0.15) is 5.01 Å². The van der Waals surface area contributed by atoms with Crippen molar-refractivity contribution in [3.63, 3.8) is 0 Å². The van der Waals surface area contributed by atoms with Gasteiger partial charge in [0.15, 0.2) is 10.2 Å². The summed E-state index contributed by atoms with van der Waals surface area (Å²) in [5, 5.41) is 19.5. The van der Waals surface area contributed by atoms with E-state index in [1.165, 1.54) is 17.4 Å². The molecule has 3 N–H and O–H groups in total. The van der Waals surface area contributed by atoms with Crippen LogP contribution >= 0.6 is 23.1 Å². The van der Waals surface area contributed by atoms with E-state index in [1.54, 1.807) is 6.92 Å². The average molecular weight is 334 g/mol. The fourth-order valence-electron chi connectivity index (χ4n) is 1.52. The standard InChI is InChI=1S/C11H9F3N4OS2/c1-5-16-17-10(20-5)21-6-2-3-7(9(15)18-19)8(4-6)11(12,13)14/h2-4,19H,1H3,(H2,15,18). The minimum atomic E-state index is -4.61. The van der Waals surface area contributed by atoms with Gasteiger partial charge in [-0.1, -0.05) is 28.3 Å². The lowest BCUT2D eigenvalue weighted by molar-refractivity contribution is -0.137. The van der Waals surface area contributed by atoms with Crippen molar-refractivity contribution in [3.05, 3.63) is 34.3 Å². The highest BCUT2D eigenvalue weighted by atomic mass is 32.2. The summed E-state index contributed by atoms with van der Waals surface area (Å²) in [6, 6.07) is 3.55. The zero-order valence-corrected chi connectivity index (χ0v) is 12.2. The van der Waals surface area contributed by atoms with Gasteiger partial charge < -0.3 is 10.9 Å². The summed E-state index contributed by atoms with van der Waals surface area (Å²) in [5.41, 5.74) is 3.93. The second kappa shape index (κ2) is 5.90. The molecule has 0 fully saturated rings. The molecule has 0 amide bonds. The zero-order chi connectivity index (χ0) is 15.6. The Kier molecular flexibility index (Phi) is 4.37. The van der Waals surface area contributed by atoms with Gasteiger partial charge in [0.2, 0.25) is 0 Å². The van der Waals surface area contributed by atoms with Crippen LogP contribution in [0.5, 0.6) is 0 Å². The third-order valence-corrected chi connectivity index (χ3v) is 4.27. The highest BCUT2D eigenvalue weighted by molar-refractivity contribution is 8.01. The molecule has 0 aliphatic heterocycles. The Labute approximate surface area is 125 Å². The van der Waals surface area contributed by atoms with E-state index in [2.05, 4.69) is 15.4 Å². The molecule has 1 aromatic carbocycles. The first-order chi connectivity index (χ1) is 9.81. The third kappa shape index (κ3) is 3.64. The van der Waals surface area contributed by atoms with E-state index < -0.39 is 17.6 Å². The van der Waals surface area contributed by atoms with Crippen LogP contribution in [0.3, 0.4) is 0 Å². The molecule has 1 heterocycles. The number of halogens is 3. The van der Waals surface area contributed by atoms with Crippen molar-refractivity contribution in [2.24, 2.45) is 10.9 Å². The molecule has 0 unspecified atom stereocenters. The van der Waals surface area contributed by atoms with Crippen LogP contribution in [0.25, 0.3) is 0 Å². The second-order valence-corrected chi connectivity index (χ2v) is 6.38. The van der Waals surface area contributed by atoms with Gasteiger partial charge in [-0.05, 0) is 25.1 Å². The molecular formula is C11H9F3N4OS2. The Morgan fingerprint density at radius 2 is 2.10 bits per heavy atom. The molecule has 1 aromatic heterocycles. The summed E-state index contributed by atoms with van der Waals surface area (Å²) in [6.45, 7) is 1.75. The molecule has 0 saturated heterocycles. The van der Waals surface area contributed by atoms with Gasteiger partial charge in [-0.3, -0.25) is 0 Å². The molecule has 0 atom stereocenters. The number of benzene rings is 1. The summed E-state index contributed by atoms with van der Waals surface area (Å²) < 4.78 is 39.7. The summed E-state index contributed by atoms with van der Waals surface area (Å²) in [4.78, 5) is 0.341. The molecule has 2 aromatic rings. The van der Waals surface area contributed by atoms with E-state index >= 15 is 0 Å². The number of rotatable bonds is 3. The summed E-state index contributed by atoms with van der Waals surface area (Å²) in [6.07, 6.45) is -4.61. The van der Waals surface area contributed by atoms with Crippen LogP contribution in [0.4, 0.5) is 13.2 Å². The van der Waals surface area contributed by atoms with Crippen molar-refractivity contribution >= 4 is 28.9 Å². The molecule has 0 spiro atoms. The molecule has 0 aliphatic rings. The zero-order valence-electron chi connectivity index (χ0n) is 10.5. The van der Waals surface area contributed by atoms with E-state index in [-0.39, 0.29) is 5.56 Å². The van der Waals surface area contributed by atoms with E-state index in [4.69, 9.17) is 10.9 Å². The predicted octanol–water partition coefficient (Wildman–Crippen LogP) is 3.11. The van der Waals surface area contributed by atoms with Gasteiger partial charge in [0.05, 0.1) is 5.56 Å². The Balaban J connectivity index is 2.42. The van der Waals surface area contributed by atoms with Crippen molar-refractivity contribution < 1.29 is 18.4 Å². The Bertz CT molecular complexity index is 684. The summed E-state index contributed by atoms with van der Waals surface area (Å²) in [7, 11) is 0. The lowest BCUT2D eigenvalue weighted by atomic mass is 10.1. The number of oxime groups is 1. The number of nitrogens with two attached hydrogens (primary N) is 1. The number of nitrogens with zero attached hydrogens (tertiary/aromatic N) is 3. The van der Waals surface area contributed by atoms with Crippen molar-refractivity contribution in [1.82, 2.24) is 10.2 Å². The maximum atomic E-state index is 13.0. The third-order valence-electron chi connectivity index (χ3n) is 2.39. The van der Waals surface area contributed by atoms with Gasteiger partial charge in [-0.25, -0.2) is 0 Å². The van der Waals surface area contributed by atoms with Crippen LogP contribution < -0.4 is 5.73 Å². The van der Waals surface area contributed by atoms with Crippen LogP contribution in [-0.2, 0) is 6.18 Å². The van der Waals surface area contributed by atoms with Gasteiger partial charge in [-0.15, -0.1) is 10.2 Å². The Morgan fingerprint density at radius 3 is 2.62 bits per heavy atom. The molecule has 0 saturated carbocycles. The molecule has 5 nitrogen and oxygen atoms in total. The fraction of sp³-hybridized carbons (Fsp3) is 0.182. The highest BCUT2D eigenvalue weighted by Crippen LogP contribution is 2.37. The molecule has 0 aliphatic carbocycles. The summed E-state index contributed by atoms with van der Waals surface area (Å²) >= 11 is 2.35. The minimum absolute atomic E-state index is 0.341. The number of hydrogen-bond donors (Lipinski definition) is 2. The minimum Gasteiger partial charge on any atom is -0.409 e. The lowest BCUT2D eigenvalue weighted by Crippen LogP contribution is -2.20. The lowest BCUT2D eigenvalue weighted by Gasteiger charge is -2.13. The number of aromatic nitrogens is 2. The van der Waals surface area contributed by atoms with Crippen molar-refractivity contribution in [1.29, 1.82) is 0 Å². The van der Waals surface area contributed by atoms with E-state index in [0.717, 1.165) is 28.9 Å². The Hall–Kier alpha value is -1.81. The van der Waals surface area contributed by atoms with E-state index in [0.29, 0.717) is 9.24 Å². The van der Waals surface area contributed by atoms with Gasteiger partial charge >= 0.3 is 6.18 Å². The maximum Gasteiger partial charge on any atom is 0.417 e. The number of alkyl halides is 3. The van der Waals surface area contributed by atoms with Crippen LogP contribution in [-0.4, -0.2) is 21.2 Å². The molecule has 2 rings (SSSR count). The molecule has 21 heavy (non-hydrogen) atoms. The van der Waals surface area contributed by atoms with Crippen LogP contribution in [0.1, 0.15) is 16.1 Å². The summed E-state index contributed by atoms with van der Waals surface area (Å²) in [5.74, 6) is -0.592. The first-order valence-corrected chi connectivity index (χ1v) is 7.11. The average Bonchev–Trinajstić information content (AvgIpc) is 2.82. The number of aryl methyl sites for hydroxylation is 1. The highest BCUT2D eigenvalue weighted by Gasteiger charge is 2.34. The molecule has 112 valence electrons. The van der Waals surface area contributed by atoms with Crippen molar-refractivity contribution in [2.45, 2.75) is 22.3 Å². The normalized spacial score (nSPS) is 12.7. The predicted molar refractivity (Wildman–Crippen MR) is 72.7 cm³/mol. The smallest absolute Gasteiger partial charge is 0.409 e. The van der Waals surface area contributed by atoms with Crippen molar-refractivity contribution in [3.8, 4) is 0 Å².